The summed E-state index contributed by atoms with van der Waals surface area (Å²) in [5.74, 6) is -0.338. The molecule has 122 valence electrons. The van der Waals surface area contributed by atoms with Gasteiger partial charge in [0.25, 0.3) is 5.91 Å². The molecule has 0 unspecified atom stereocenters. The van der Waals surface area contributed by atoms with E-state index in [0.29, 0.717) is 6.42 Å². The maximum Gasteiger partial charge on any atom is 0.251 e. The smallest absolute Gasteiger partial charge is 0.251 e. The summed E-state index contributed by atoms with van der Waals surface area (Å²) < 4.78 is 25.8. The van der Waals surface area contributed by atoms with Gasteiger partial charge in [-0.25, -0.2) is 13.1 Å². The van der Waals surface area contributed by atoms with Crippen LogP contribution >= 0.6 is 0 Å². The number of carbonyl (C=O) groups excluding carboxylic acids is 1. The molecule has 7 nitrogen and oxygen atoms in total. The molecule has 0 aliphatic heterocycles. The largest absolute Gasteiger partial charge is 0.349 e. The van der Waals surface area contributed by atoms with Crippen molar-refractivity contribution in [3.05, 3.63) is 54.1 Å². The Balaban J connectivity index is 2.07. The minimum atomic E-state index is -3.58. The first-order valence-corrected chi connectivity index (χ1v) is 8.50. The van der Waals surface area contributed by atoms with Crippen molar-refractivity contribution < 1.29 is 13.2 Å². The lowest BCUT2D eigenvalue weighted by molar-refractivity contribution is 0.0939. The normalized spacial score (nSPS) is 12.6. The van der Waals surface area contributed by atoms with E-state index in [9.17, 15) is 13.2 Å². The molecule has 0 bridgehead atoms. The lowest BCUT2D eigenvalue weighted by atomic mass is 10.1. The van der Waals surface area contributed by atoms with Crippen LogP contribution in [0.1, 0.15) is 23.0 Å². The molecule has 0 radical (unpaired) electrons. The third kappa shape index (κ3) is 4.57. The Labute approximate surface area is 135 Å². The highest BCUT2D eigenvalue weighted by Crippen LogP contribution is 2.11. The minimum Gasteiger partial charge on any atom is -0.349 e. The number of nitrogens with zero attached hydrogens (tertiary/aromatic N) is 2. The number of aromatic nitrogens is 2. The van der Waals surface area contributed by atoms with Crippen LogP contribution in [0.3, 0.4) is 0 Å². The summed E-state index contributed by atoms with van der Waals surface area (Å²) in [6.45, 7) is 1.85. The molecule has 23 heavy (non-hydrogen) atoms. The van der Waals surface area contributed by atoms with Gasteiger partial charge in [-0.1, -0.05) is 6.07 Å². The van der Waals surface area contributed by atoms with Crippen molar-refractivity contribution in [1.82, 2.24) is 20.0 Å². The van der Waals surface area contributed by atoms with E-state index in [1.165, 1.54) is 25.2 Å². The molecule has 0 saturated carbocycles. The number of rotatable bonds is 6. The SMILES string of the molecule is CNS(=O)(=O)c1cccc(C(=O)N[C@@H](C)Cc2cnccn2)c1. The van der Waals surface area contributed by atoms with E-state index in [1.807, 2.05) is 6.92 Å². The van der Waals surface area contributed by atoms with Crippen LogP contribution < -0.4 is 10.0 Å². The van der Waals surface area contributed by atoms with Crippen molar-refractivity contribution in [3.8, 4) is 0 Å². The van der Waals surface area contributed by atoms with Crippen molar-refractivity contribution in [3.63, 3.8) is 0 Å². The van der Waals surface area contributed by atoms with Gasteiger partial charge in [-0.15, -0.1) is 0 Å². The van der Waals surface area contributed by atoms with Crippen LogP contribution in [0, 0.1) is 0 Å². The summed E-state index contributed by atoms with van der Waals surface area (Å²) in [7, 11) is -2.26. The molecule has 2 N–H and O–H groups in total. The molecular weight excluding hydrogens is 316 g/mol. The van der Waals surface area contributed by atoms with Crippen molar-refractivity contribution in [2.75, 3.05) is 7.05 Å². The van der Waals surface area contributed by atoms with Crippen LogP contribution in [0.15, 0.2) is 47.8 Å². The fourth-order valence-electron chi connectivity index (χ4n) is 2.03. The minimum absolute atomic E-state index is 0.0502. The molecule has 0 aliphatic carbocycles. The highest BCUT2D eigenvalue weighted by Gasteiger charge is 2.15. The van der Waals surface area contributed by atoms with Gasteiger partial charge in [-0.3, -0.25) is 14.8 Å². The molecule has 1 aromatic carbocycles. The Bertz CT molecular complexity index is 778. The Morgan fingerprint density at radius 3 is 2.74 bits per heavy atom. The molecule has 1 atom stereocenters. The molecule has 0 fully saturated rings. The molecule has 2 rings (SSSR count). The zero-order valence-electron chi connectivity index (χ0n) is 12.9. The summed E-state index contributed by atoms with van der Waals surface area (Å²) in [5, 5.41) is 2.82. The Hall–Kier alpha value is -2.32. The second kappa shape index (κ2) is 7.30. The molecule has 1 heterocycles. The lowest BCUT2D eigenvalue weighted by Gasteiger charge is -2.13. The number of carbonyl (C=O) groups is 1. The van der Waals surface area contributed by atoms with E-state index in [2.05, 4.69) is 20.0 Å². The van der Waals surface area contributed by atoms with Crippen LogP contribution in [0.4, 0.5) is 0 Å². The van der Waals surface area contributed by atoms with Crippen molar-refractivity contribution >= 4 is 15.9 Å². The summed E-state index contributed by atoms with van der Waals surface area (Å²) in [4.78, 5) is 20.4. The quantitative estimate of drug-likeness (QED) is 0.811. The van der Waals surface area contributed by atoms with Crippen molar-refractivity contribution in [1.29, 1.82) is 0 Å². The van der Waals surface area contributed by atoms with E-state index in [0.717, 1.165) is 5.69 Å². The van der Waals surface area contributed by atoms with Gasteiger partial charge >= 0.3 is 0 Å². The first kappa shape index (κ1) is 17.0. The number of hydrogen-bond acceptors (Lipinski definition) is 5. The molecule has 2 aromatic rings. The fourth-order valence-corrected chi connectivity index (χ4v) is 2.81. The zero-order chi connectivity index (χ0) is 16.9. The molecular formula is C15H18N4O3S. The first-order valence-electron chi connectivity index (χ1n) is 7.02. The second-order valence-corrected chi connectivity index (χ2v) is 6.90. The fraction of sp³-hybridized carbons (Fsp3) is 0.267. The molecule has 8 heteroatoms. The molecule has 0 spiro atoms. The van der Waals surface area contributed by atoms with Crippen LogP contribution in [-0.4, -0.2) is 37.4 Å². The zero-order valence-corrected chi connectivity index (χ0v) is 13.7. The number of benzene rings is 1. The van der Waals surface area contributed by atoms with E-state index >= 15 is 0 Å². The third-order valence-corrected chi connectivity index (χ3v) is 4.60. The maximum atomic E-state index is 12.3. The summed E-state index contributed by atoms with van der Waals surface area (Å²) in [6, 6.07) is 5.72. The number of hydrogen-bond donors (Lipinski definition) is 2. The van der Waals surface area contributed by atoms with Crippen LogP contribution in [-0.2, 0) is 16.4 Å². The van der Waals surface area contributed by atoms with Crippen LogP contribution in [0.25, 0.3) is 0 Å². The summed E-state index contributed by atoms with van der Waals surface area (Å²) in [5.41, 5.74) is 1.05. The van der Waals surface area contributed by atoms with Gasteiger partial charge in [0.15, 0.2) is 0 Å². The van der Waals surface area contributed by atoms with Crippen molar-refractivity contribution in [2.24, 2.45) is 0 Å². The van der Waals surface area contributed by atoms with Gasteiger partial charge in [0, 0.05) is 36.6 Å². The topological polar surface area (TPSA) is 101 Å². The standard InChI is InChI=1S/C15H18N4O3S/c1-11(8-13-10-17-6-7-18-13)19-15(20)12-4-3-5-14(9-12)23(21,22)16-2/h3-7,9-11,16H,8H2,1-2H3,(H,19,20)/t11-/m0/s1. The Kier molecular flexibility index (Phi) is 5.41. The predicted octanol–water partition coefficient (Wildman–Crippen LogP) is 0.746. The van der Waals surface area contributed by atoms with Gasteiger partial charge in [-0.2, -0.15) is 0 Å². The average molecular weight is 334 g/mol. The average Bonchev–Trinajstić information content (AvgIpc) is 2.55. The van der Waals surface area contributed by atoms with Gasteiger partial charge in [0.2, 0.25) is 10.0 Å². The highest BCUT2D eigenvalue weighted by molar-refractivity contribution is 7.89. The number of sulfonamides is 1. The molecule has 1 aromatic heterocycles. The van der Waals surface area contributed by atoms with Gasteiger partial charge < -0.3 is 5.32 Å². The van der Waals surface area contributed by atoms with Gasteiger partial charge in [-0.05, 0) is 32.2 Å². The Morgan fingerprint density at radius 2 is 2.09 bits per heavy atom. The predicted molar refractivity (Wildman–Crippen MR) is 85.4 cm³/mol. The monoisotopic (exact) mass is 334 g/mol. The molecule has 0 saturated heterocycles. The van der Waals surface area contributed by atoms with Gasteiger partial charge in [0.1, 0.15) is 0 Å². The van der Waals surface area contributed by atoms with Crippen LogP contribution in [0.5, 0.6) is 0 Å². The van der Waals surface area contributed by atoms with Gasteiger partial charge in [0.05, 0.1) is 10.6 Å². The lowest BCUT2D eigenvalue weighted by Crippen LogP contribution is -2.34. The Morgan fingerprint density at radius 1 is 1.30 bits per heavy atom. The van der Waals surface area contributed by atoms with Crippen molar-refractivity contribution in [2.45, 2.75) is 24.3 Å². The van der Waals surface area contributed by atoms with E-state index in [1.54, 1.807) is 24.7 Å². The summed E-state index contributed by atoms with van der Waals surface area (Å²) >= 11 is 0. The second-order valence-electron chi connectivity index (χ2n) is 5.01. The number of amides is 1. The summed E-state index contributed by atoms with van der Waals surface area (Å²) in [6.07, 6.45) is 5.35. The molecule has 1 amide bonds. The number of nitrogens with one attached hydrogen (secondary N) is 2. The first-order chi connectivity index (χ1) is 10.9. The maximum absolute atomic E-state index is 12.3. The van der Waals surface area contributed by atoms with Crippen LogP contribution in [0.2, 0.25) is 0 Å². The highest BCUT2D eigenvalue weighted by atomic mass is 32.2. The molecule has 0 aliphatic rings. The van der Waals surface area contributed by atoms with E-state index in [-0.39, 0.29) is 22.4 Å². The third-order valence-electron chi connectivity index (χ3n) is 3.18. The van der Waals surface area contributed by atoms with E-state index < -0.39 is 10.0 Å². The van der Waals surface area contributed by atoms with E-state index in [4.69, 9.17) is 0 Å².